The second-order valence-corrected chi connectivity index (χ2v) is 3.26. The van der Waals surface area contributed by atoms with Crippen molar-refractivity contribution in [3.05, 3.63) is 34.6 Å². The fourth-order valence-corrected chi connectivity index (χ4v) is 1.54. The van der Waals surface area contributed by atoms with Gasteiger partial charge >= 0.3 is 5.97 Å². The Morgan fingerprint density at radius 1 is 1.67 bits per heavy atom. The number of carbonyl (C=O) groups excluding carboxylic acids is 1. The lowest BCUT2D eigenvalue weighted by molar-refractivity contribution is 0.0600. The van der Waals surface area contributed by atoms with Crippen LogP contribution in [0.4, 0.5) is 4.39 Å². The molecule has 0 aromatic heterocycles. The van der Waals surface area contributed by atoms with Gasteiger partial charge in [-0.1, -0.05) is 22.0 Å². The highest BCUT2D eigenvalue weighted by atomic mass is 79.9. The summed E-state index contributed by atoms with van der Waals surface area (Å²) in [5.74, 6) is -1.40. The standard InChI is InChI=1S/C10H7BrFNO2/c1-15-10(14)7-3-2-6(4-11)9(12)8(7)5-13/h2-3H,4H2,1H3. The maximum atomic E-state index is 13.6. The van der Waals surface area contributed by atoms with E-state index in [9.17, 15) is 9.18 Å². The Kier molecular flexibility index (Phi) is 3.81. The third-order valence-electron chi connectivity index (χ3n) is 1.88. The van der Waals surface area contributed by atoms with Gasteiger partial charge in [0.15, 0.2) is 0 Å². The molecule has 0 fully saturated rings. The third-order valence-corrected chi connectivity index (χ3v) is 2.49. The number of nitriles is 1. The van der Waals surface area contributed by atoms with Crippen molar-refractivity contribution in [3.63, 3.8) is 0 Å². The van der Waals surface area contributed by atoms with Gasteiger partial charge in [0, 0.05) is 5.33 Å². The Morgan fingerprint density at radius 3 is 2.80 bits per heavy atom. The van der Waals surface area contributed by atoms with Crippen LogP contribution in [0.2, 0.25) is 0 Å². The number of rotatable bonds is 2. The number of hydrogen-bond acceptors (Lipinski definition) is 3. The SMILES string of the molecule is COC(=O)c1ccc(CBr)c(F)c1C#N. The number of alkyl halides is 1. The van der Waals surface area contributed by atoms with Gasteiger partial charge in [0.1, 0.15) is 17.4 Å². The number of ether oxygens (including phenoxy) is 1. The summed E-state index contributed by atoms with van der Waals surface area (Å²) < 4.78 is 18.0. The fourth-order valence-electron chi connectivity index (χ4n) is 1.11. The molecule has 0 unspecified atom stereocenters. The molecule has 3 nitrogen and oxygen atoms in total. The number of methoxy groups -OCH3 is 1. The van der Waals surface area contributed by atoms with E-state index in [0.717, 1.165) is 0 Å². The molecule has 78 valence electrons. The Morgan fingerprint density at radius 2 is 2.33 bits per heavy atom. The Hall–Kier alpha value is -1.41. The Labute approximate surface area is 94.6 Å². The highest BCUT2D eigenvalue weighted by Crippen LogP contribution is 2.19. The molecule has 0 saturated carbocycles. The molecule has 0 N–H and O–H groups in total. The van der Waals surface area contributed by atoms with Crippen LogP contribution in [0.25, 0.3) is 0 Å². The van der Waals surface area contributed by atoms with E-state index in [1.807, 2.05) is 0 Å². The number of carbonyl (C=O) groups is 1. The van der Waals surface area contributed by atoms with Gasteiger partial charge in [0.2, 0.25) is 0 Å². The zero-order valence-electron chi connectivity index (χ0n) is 7.88. The minimum atomic E-state index is -0.716. The van der Waals surface area contributed by atoms with Gasteiger partial charge < -0.3 is 4.74 Å². The summed E-state index contributed by atoms with van der Waals surface area (Å²) in [6.07, 6.45) is 0. The summed E-state index contributed by atoms with van der Waals surface area (Å²) in [5.41, 5.74) is 0.000188. The highest BCUT2D eigenvalue weighted by Gasteiger charge is 2.17. The monoisotopic (exact) mass is 271 g/mol. The van der Waals surface area contributed by atoms with Gasteiger partial charge in [-0.2, -0.15) is 5.26 Å². The minimum absolute atomic E-state index is 0.0535. The fraction of sp³-hybridized carbons (Fsp3) is 0.200. The number of hydrogen-bond donors (Lipinski definition) is 0. The van der Waals surface area contributed by atoms with Gasteiger partial charge in [-0.05, 0) is 11.6 Å². The van der Waals surface area contributed by atoms with Crippen LogP contribution >= 0.6 is 15.9 Å². The normalized spacial score (nSPS) is 9.47. The largest absolute Gasteiger partial charge is 0.465 e. The highest BCUT2D eigenvalue weighted by molar-refractivity contribution is 9.08. The summed E-state index contributed by atoms with van der Waals surface area (Å²) in [5, 5.41) is 9.04. The van der Waals surface area contributed by atoms with Crippen molar-refractivity contribution < 1.29 is 13.9 Å². The lowest BCUT2D eigenvalue weighted by Crippen LogP contribution is -2.07. The summed E-state index contributed by atoms with van der Waals surface area (Å²) in [4.78, 5) is 11.2. The zero-order valence-corrected chi connectivity index (χ0v) is 9.47. The summed E-state index contributed by atoms with van der Waals surface area (Å²) in [7, 11) is 1.18. The second-order valence-electron chi connectivity index (χ2n) is 2.70. The maximum Gasteiger partial charge on any atom is 0.339 e. The molecule has 1 aromatic carbocycles. The van der Waals surface area contributed by atoms with E-state index in [2.05, 4.69) is 20.7 Å². The molecule has 0 heterocycles. The molecule has 0 bridgehead atoms. The lowest BCUT2D eigenvalue weighted by atomic mass is 10.0. The summed E-state index contributed by atoms with van der Waals surface area (Å²) in [6, 6.07) is 4.48. The molecule has 15 heavy (non-hydrogen) atoms. The van der Waals surface area contributed by atoms with Gasteiger partial charge in [-0.25, -0.2) is 9.18 Å². The van der Waals surface area contributed by atoms with Crippen LogP contribution in [-0.2, 0) is 10.1 Å². The van der Waals surface area contributed by atoms with Gasteiger partial charge in [-0.15, -0.1) is 0 Å². The molecule has 0 aliphatic rings. The predicted molar refractivity (Wildman–Crippen MR) is 55.1 cm³/mol. The lowest BCUT2D eigenvalue weighted by Gasteiger charge is -2.05. The van der Waals surface area contributed by atoms with Crippen molar-refractivity contribution in [2.45, 2.75) is 5.33 Å². The van der Waals surface area contributed by atoms with Crippen molar-refractivity contribution >= 4 is 21.9 Å². The van der Waals surface area contributed by atoms with Gasteiger partial charge in [0.25, 0.3) is 0 Å². The summed E-state index contributed by atoms with van der Waals surface area (Å²) >= 11 is 3.08. The van der Waals surface area contributed by atoms with Crippen LogP contribution in [-0.4, -0.2) is 13.1 Å². The molecule has 1 aromatic rings. The van der Waals surface area contributed by atoms with Crippen molar-refractivity contribution in [1.29, 1.82) is 5.26 Å². The van der Waals surface area contributed by atoms with E-state index < -0.39 is 11.8 Å². The van der Waals surface area contributed by atoms with Crippen LogP contribution in [0.5, 0.6) is 0 Å². The number of esters is 1. The number of nitrogens with zero attached hydrogens (tertiary/aromatic N) is 1. The Balaban J connectivity index is 3.39. The van der Waals surface area contributed by atoms with E-state index in [1.54, 1.807) is 6.07 Å². The predicted octanol–water partition coefficient (Wildman–Crippen LogP) is 2.38. The van der Waals surface area contributed by atoms with Crippen LogP contribution in [0.1, 0.15) is 21.5 Å². The van der Waals surface area contributed by atoms with Crippen molar-refractivity contribution in [2.24, 2.45) is 0 Å². The summed E-state index contributed by atoms with van der Waals surface area (Å²) in [6.45, 7) is 0. The molecule has 0 aliphatic carbocycles. The minimum Gasteiger partial charge on any atom is -0.465 e. The molecule has 5 heteroatoms. The molecular weight excluding hydrogens is 265 g/mol. The topological polar surface area (TPSA) is 50.1 Å². The first-order valence-electron chi connectivity index (χ1n) is 4.01. The smallest absolute Gasteiger partial charge is 0.339 e. The molecular formula is C10H7BrFNO2. The van der Waals surface area contributed by atoms with Crippen molar-refractivity contribution in [2.75, 3.05) is 7.11 Å². The first-order chi connectivity index (χ1) is 7.15. The molecule has 0 amide bonds. The zero-order chi connectivity index (χ0) is 11.4. The molecule has 1 rings (SSSR count). The van der Waals surface area contributed by atoms with Crippen LogP contribution in [0.3, 0.4) is 0 Å². The molecule has 0 atom stereocenters. The van der Waals surface area contributed by atoms with Crippen molar-refractivity contribution in [1.82, 2.24) is 0 Å². The van der Waals surface area contributed by atoms with E-state index in [1.165, 1.54) is 19.2 Å². The van der Waals surface area contributed by atoms with E-state index in [4.69, 9.17) is 5.26 Å². The third kappa shape index (κ3) is 2.16. The first kappa shape index (κ1) is 11.7. The van der Waals surface area contributed by atoms with Crippen LogP contribution in [0, 0.1) is 17.1 Å². The van der Waals surface area contributed by atoms with E-state index in [-0.39, 0.29) is 16.5 Å². The molecule has 0 radical (unpaired) electrons. The molecule has 0 aliphatic heterocycles. The van der Waals surface area contributed by atoms with Crippen molar-refractivity contribution in [3.8, 4) is 6.07 Å². The van der Waals surface area contributed by atoms with E-state index >= 15 is 0 Å². The van der Waals surface area contributed by atoms with Crippen LogP contribution < -0.4 is 0 Å². The van der Waals surface area contributed by atoms with Crippen LogP contribution in [0.15, 0.2) is 12.1 Å². The molecule has 0 saturated heterocycles. The number of benzene rings is 1. The average Bonchev–Trinajstić information content (AvgIpc) is 2.27. The Bertz CT molecular complexity index is 440. The molecule has 0 spiro atoms. The number of halogens is 2. The van der Waals surface area contributed by atoms with E-state index in [0.29, 0.717) is 5.56 Å². The first-order valence-corrected chi connectivity index (χ1v) is 5.13. The van der Waals surface area contributed by atoms with Gasteiger partial charge in [-0.3, -0.25) is 0 Å². The quantitative estimate of drug-likeness (QED) is 0.613. The average molecular weight is 272 g/mol. The second kappa shape index (κ2) is 4.89. The maximum absolute atomic E-state index is 13.6. The van der Waals surface area contributed by atoms with Gasteiger partial charge in [0.05, 0.1) is 12.7 Å².